The molecule has 4 N–H and O–H groups in total. The number of allylic oxidation sites excluding steroid dienone is 4. The normalized spacial score (nSPS) is 11.5. The van der Waals surface area contributed by atoms with Crippen LogP contribution in [-0.2, 0) is 0 Å². The van der Waals surface area contributed by atoms with Gasteiger partial charge in [-0.25, -0.2) is 0 Å². The van der Waals surface area contributed by atoms with Gasteiger partial charge in [0.25, 0.3) is 23.6 Å². The summed E-state index contributed by atoms with van der Waals surface area (Å²) in [4.78, 5) is 56.4. The molecule has 78 heavy (non-hydrogen) atoms. The van der Waals surface area contributed by atoms with Gasteiger partial charge in [0, 0.05) is 26.2 Å². The largest absolute Gasteiger partial charge is 0.352 e. The standard InChI is InChI=1S/C70H126N4O4/c1-5-9-13-17-21-25-29-31-33-35-37-39-43-47-51-55-59-73-69(77)65-62-66(70(78)74-60-56-52-48-44-40-38-36-34-32-30-26-22-18-14-10-6-2)64(68(76)72-58-54-50-46-42-28-24-20-16-12-8-4)61-63(65)67(75)71-57-53-49-45-41-27-23-19-15-11-7-3/h31-34,61-62H,5-30,35-60H2,1-4H3,(H,71,75)(H,72,76)(H,73,77)(H,74,78)/b33-31-,34-32-. The van der Waals surface area contributed by atoms with E-state index in [0.29, 0.717) is 26.2 Å². The van der Waals surface area contributed by atoms with Crippen LogP contribution in [0.3, 0.4) is 0 Å². The lowest BCUT2D eigenvalue weighted by Gasteiger charge is -2.17. The average Bonchev–Trinajstić information content (AvgIpc) is 3.45. The molecule has 0 fully saturated rings. The lowest BCUT2D eigenvalue weighted by molar-refractivity contribution is 0.0907. The predicted octanol–water partition coefficient (Wildman–Crippen LogP) is 20.5. The molecular weight excluding hydrogens is 961 g/mol. The number of benzene rings is 1. The number of unbranched alkanes of at least 4 members (excludes halogenated alkanes) is 42. The van der Waals surface area contributed by atoms with Crippen molar-refractivity contribution in [1.82, 2.24) is 21.3 Å². The van der Waals surface area contributed by atoms with Gasteiger partial charge in [0.2, 0.25) is 0 Å². The Kier molecular flexibility index (Phi) is 52.9. The predicted molar refractivity (Wildman–Crippen MR) is 338 cm³/mol. The minimum atomic E-state index is -0.383. The van der Waals surface area contributed by atoms with Crippen LogP contribution in [0, 0.1) is 0 Å². The molecule has 0 aliphatic rings. The van der Waals surface area contributed by atoms with Crippen molar-refractivity contribution in [2.24, 2.45) is 0 Å². The van der Waals surface area contributed by atoms with Gasteiger partial charge in [-0.2, -0.15) is 0 Å². The van der Waals surface area contributed by atoms with E-state index in [-0.39, 0.29) is 45.9 Å². The topological polar surface area (TPSA) is 116 Å². The molecule has 0 spiro atoms. The first-order valence-electron chi connectivity index (χ1n) is 34.0. The molecule has 0 heterocycles. The molecule has 0 saturated heterocycles. The molecule has 0 saturated carbocycles. The van der Waals surface area contributed by atoms with E-state index in [9.17, 15) is 19.2 Å². The Morgan fingerprint density at radius 1 is 0.244 bits per heavy atom. The highest BCUT2D eigenvalue weighted by Gasteiger charge is 2.26. The first-order chi connectivity index (χ1) is 38.4. The van der Waals surface area contributed by atoms with Crippen molar-refractivity contribution in [3.05, 3.63) is 58.7 Å². The molecule has 0 bridgehead atoms. The third-order valence-corrected chi connectivity index (χ3v) is 15.7. The summed E-state index contributed by atoms with van der Waals surface area (Å²) in [6, 6.07) is 3.03. The van der Waals surface area contributed by atoms with E-state index in [1.807, 2.05) is 0 Å². The molecule has 0 aliphatic heterocycles. The van der Waals surface area contributed by atoms with Crippen molar-refractivity contribution < 1.29 is 19.2 Å². The number of hydrogen-bond donors (Lipinski definition) is 4. The summed E-state index contributed by atoms with van der Waals surface area (Å²) in [6.45, 7) is 11.0. The molecule has 1 rings (SSSR count). The summed E-state index contributed by atoms with van der Waals surface area (Å²) >= 11 is 0. The van der Waals surface area contributed by atoms with E-state index in [1.54, 1.807) is 0 Å². The highest BCUT2D eigenvalue weighted by Crippen LogP contribution is 2.21. The Balaban J connectivity index is 2.98. The Morgan fingerprint density at radius 2 is 0.397 bits per heavy atom. The second kappa shape index (κ2) is 56.8. The van der Waals surface area contributed by atoms with Crippen LogP contribution in [0.1, 0.15) is 377 Å². The number of carbonyl (C=O) groups excluding carboxylic acids is 4. The summed E-state index contributed by atoms with van der Waals surface area (Å²) in [7, 11) is 0. The minimum Gasteiger partial charge on any atom is -0.352 e. The molecule has 0 atom stereocenters. The Labute approximate surface area is 482 Å². The molecule has 450 valence electrons. The lowest BCUT2D eigenvalue weighted by Crippen LogP contribution is -2.34. The summed E-state index contributed by atoms with van der Waals surface area (Å²) in [5.74, 6) is -1.53. The van der Waals surface area contributed by atoms with E-state index in [0.717, 1.165) is 89.9 Å². The smallest absolute Gasteiger partial charge is 0.252 e. The Hall–Kier alpha value is -3.42. The lowest BCUT2D eigenvalue weighted by atomic mass is 9.95. The highest BCUT2D eigenvalue weighted by molar-refractivity contribution is 6.14. The molecular formula is C70H126N4O4. The highest BCUT2D eigenvalue weighted by atomic mass is 16.2. The van der Waals surface area contributed by atoms with Crippen LogP contribution in [0.4, 0.5) is 0 Å². The number of carbonyl (C=O) groups is 4. The second-order valence-corrected chi connectivity index (χ2v) is 23.2. The van der Waals surface area contributed by atoms with E-state index < -0.39 is 0 Å². The van der Waals surface area contributed by atoms with Crippen molar-refractivity contribution in [2.75, 3.05) is 26.2 Å². The molecule has 0 radical (unpaired) electrons. The molecule has 0 unspecified atom stereocenters. The van der Waals surface area contributed by atoms with Gasteiger partial charge in [0.05, 0.1) is 22.3 Å². The molecule has 0 aromatic heterocycles. The molecule has 4 amide bonds. The monoisotopic (exact) mass is 1090 g/mol. The van der Waals surface area contributed by atoms with Gasteiger partial charge in [-0.1, -0.05) is 283 Å². The zero-order chi connectivity index (χ0) is 56.5. The van der Waals surface area contributed by atoms with Crippen molar-refractivity contribution in [2.45, 2.75) is 336 Å². The summed E-state index contributed by atoms with van der Waals surface area (Å²) in [6.07, 6.45) is 67.5. The number of rotatable bonds is 58. The number of hydrogen-bond acceptors (Lipinski definition) is 4. The zero-order valence-corrected chi connectivity index (χ0v) is 51.9. The van der Waals surface area contributed by atoms with Crippen molar-refractivity contribution >= 4 is 23.6 Å². The van der Waals surface area contributed by atoms with Crippen LogP contribution in [0.5, 0.6) is 0 Å². The van der Waals surface area contributed by atoms with E-state index in [2.05, 4.69) is 73.3 Å². The van der Waals surface area contributed by atoms with Gasteiger partial charge in [0.1, 0.15) is 0 Å². The minimum absolute atomic E-state index is 0.147. The van der Waals surface area contributed by atoms with Crippen LogP contribution >= 0.6 is 0 Å². The van der Waals surface area contributed by atoms with Gasteiger partial charge < -0.3 is 21.3 Å². The van der Waals surface area contributed by atoms with Crippen LogP contribution < -0.4 is 21.3 Å². The van der Waals surface area contributed by atoms with Crippen LogP contribution in [0.2, 0.25) is 0 Å². The van der Waals surface area contributed by atoms with Crippen LogP contribution in [-0.4, -0.2) is 49.8 Å². The van der Waals surface area contributed by atoms with E-state index in [4.69, 9.17) is 0 Å². The van der Waals surface area contributed by atoms with Crippen LogP contribution in [0.25, 0.3) is 0 Å². The fourth-order valence-electron chi connectivity index (χ4n) is 10.5. The Morgan fingerprint density at radius 3 is 0.577 bits per heavy atom. The maximum absolute atomic E-state index is 14.1. The van der Waals surface area contributed by atoms with Gasteiger partial charge >= 0.3 is 0 Å². The third-order valence-electron chi connectivity index (χ3n) is 15.7. The number of nitrogens with one attached hydrogen (secondary N) is 4. The molecule has 1 aromatic carbocycles. The maximum Gasteiger partial charge on any atom is 0.252 e. The SMILES string of the molecule is CCCCCCCC/C=C\CCCCCCCCNC(=O)c1cc(C(=O)NCCCCCCCC/C=C\CCCCCCCC)c(C(=O)NCCCCCCCCCCCC)cc1C(=O)NCCCCCCCCCCCC. The van der Waals surface area contributed by atoms with Gasteiger partial charge in [-0.05, 0) is 89.2 Å². The number of amides is 4. The third kappa shape index (κ3) is 43.4. The van der Waals surface area contributed by atoms with Crippen molar-refractivity contribution in [1.29, 1.82) is 0 Å². The van der Waals surface area contributed by atoms with Gasteiger partial charge in [-0.3, -0.25) is 19.2 Å². The van der Waals surface area contributed by atoms with Gasteiger partial charge in [-0.15, -0.1) is 0 Å². The van der Waals surface area contributed by atoms with E-state index in [1.165, 1.54) is 230 Å². The van der Waals surface area contributed by atoms with Crippen molar-refractivity contribution in [3.63, 3.8) is 0 Å². The quantitative estimate of drug-likeness (QED) is 0.0384. The molecule has 8 heteroatoms. The first-order valence-corrected chi connectivity index (χ1v) is 34.0. The summed E-state index contributed by atoms with van der Waals surface area (Å²) < 4.78 is 0. The van der Waals surface area contributed by atoms with E-state index >= 15 is 0 Å². The fourth-order valence-corrected chi connectivity index (χ4v) is 10.5. The molecule has 1 aromatic rings. The second-order valence-electron chi connectivity index (χ2n) is 23.2. The van der Waals surface area contributed by atoms with Crippen LogP contribution in [0.15, 0.2) is 36.4 Å². The van der Waals surface area contributed by atoms with Crippen molar-refractivity contribution in [3.8, 4) is 0 Å². The molecule has 0 aliphatic carbocycles. The molecule has 8 nitrogen and oxygen atoms in total. The Bertz CT molecular complexity index is 1510. The summed E-state index contributed by atoms with van der Waals surface area (Å²) in [5.41, 5.74) is 0.589. The average molecular weight is 1090 g/mol. The zero-order valence-electron chi connectivity index (χ0n) is 51.9. The first kappa shape index (κ1) is 72.6. The fraction of sp³-hybridized carbons (Fsp3) is 0.800. The maximum atomic E-state index is 14.1. The van der Waals surface area contributed by atoms with Gasteiger partial charge in [0.15, 0.2) is 0 Å². The summed E-state index contributed by atoms with van der Waals surface area (Å²) in [5, 5.41) is 12.3.